The van der Waals surface area contributed by atoms with Gasteiger partial charge < -0.3 is 14.4 Å². The molecule has 144 valence electrons. The molecule has 6 nitrogen and oxygen atoms in total. The van der Waals surface area contributed by atoms with Gasteiger partial charge >= 0.3 is 0 Å². The minimum atomic E-state index is -0.0911. The molecule has 2 aromatic carbocycles. The fourth-order valence-corrected chi connectivity index (χ4v) is 3.64. The van der Waals surface area contributed by atoms with Crippen molar-refractivity contribution in [2.75, 3.05) is 20.2 Å². The quantitative estimate of drug-likeness (QED) is 0.683. The number of nitrogens with zero attached hydrogens (tertiary/aromatic N) is 3. The van der Waals surface area contributed by atoms with Gasteiger partial charge in [-0.15, -0.1) is 0 Å². The Morgan fingerprint density at radius 3 is 2.86 bits per heavy atom. The molecule has 1 fully saturated rings. The predicted octanol–water partition coefficient (Wildman–Crippen LogP) is 3.25. The number of hydrogen-bond donors (Lipinski definition) is 0. The van der Waals surface area contributed by atoms with Crippen molar-refractivity contribution in [1.82, 2.24) is 14.9 Å². The normalized spacial score (nSPS) is 16.8. The number of hydrogen-bond acceptors (Lipinski definition) is 5. The van der Waals surface area contributed by atoms with Gasteiger partial charge in [0.05, 0.1) is 32.5 Å². The average molecular weight is 377 g/mol. The van der Waals surface area contributed by atoms with Crippen molar-refractivity contribution in [1.29, 1.82) is 0 Å². The molecule has 1 unspecified atom stereocenters. The molecule has 1 amide bonds. The van der Waals surface area contributed by atoms with Gasteiger partial charge in [0.15, 0.2) is 0 Å². The number of amides is 1. The van der Waals surface area contributed by atoms with E-state index in [1.165, 1.54) is 6.20 Å². The molecule has 1 aromatic heterocycles. The Hall–Kier alpha value is -3.15. The monoisotopic (exact) mass is 377 g/mol. The number of carbonyl (C=O) groups excluding carboxylic acids is 1. The zero-order valence-electron chi connectivity index (χ0n) is 15.9. The first-order chi connectivity index (χ1) is 13.7. The molecule has 2 heterocycles. The summed E-state index contributed by atoms with van der Waals surface area (Å²) in [6, 6.07) is 14.3. The van der Waals surface area contributed by atoms with Crippen LogP contribution in [0.3, 0.4) is 0 Å². The van der Waals surface area contributed by atoms with Crippen LogP contribution < -0.4 is 9.47 Å². The van der Waals surface area contributed by atoms with E-state index in [1.54, 1.807) is 13.3 Å². The molecule has 1 atom stereocenters. The molecule has 3 aromatic rings. The maximum Gasteiger partial charge on any atom is 0.235 e. The number of piperidine rings is 1. The van der Waals surface area contributed by atoms with Gasteiger partial charge in [-0.3, -0.25) is 9.78 Å². The first-order valence-electron chi connectivity index (χ1n) is 9.50. The van der Waals surface area contributed by atoms with Crippen molar-refractivity contribution < 1.29 is 14.3 Å². The number of fused-ring (bicyclic) bond motifs is 1. The van der Waals surface area contributed by atoms with Crippen LogP contribution in [0.2, 0.25) is 0 Å². The molecule has 28 heavy (non-hydrogen) atoms. The zero-order chi connectivity index (χ0) is 19.3. The summed E-state index contributed by atoms with van der Waals surface area (Å²) in [5, 5.41) is 2.29. The maximum absolute atomic E-state index is 12.9. The third-order valence-corrected chi connectivity index (χ3v) is 5.04. The van der Waals surface area contributed by atoms with Crippen molar-refractivity contribution in [3.8, 4) is 11.8 Å². The second kappa shape index (κ2) is 8.25. The molecular weight excluding hydrogens is 354 g/mol. The lowest BCUT2D eigenvalue weighted by atomic mass is 10.0. The molecule has 1 aliphatic heterocycles. The largest absolute Gasteiger partial charge is 0.480 e. The summed E-state index contributed by atoms with van der Waals surface area (Å²) in [7, 11) is 1.54. The van der Waals surface area contributed by atoms with Gasteiger partial charge in [0, 0.05) is 6.54 Å². The molecule has 0 radical (unpaired) electrons. The van der Waals surface area contributed by atoms with E-state index in [4.69, 9.17) is 9.47 Å². The summed E-state index contributed by atoms with van der Waals surface area (Å²) in [4.78, 5) is 23.1. The molecule has 4 rings (SSSR count). The number of likely N-dealkylation sites (tertiary alicyclic amines) is 1. The average Bonchev–Trinajstić information content (AvgIpc) is 2.74. The Morgan fingerprint density at radius 2 is 1.96 bits per heavy atom. The van der Waals surface area contributed by atoms with Crippen LogP contribution >= 0.6 is 0 Å². The lowest BCUT2D eigenvalue weighted by Gasteiger charge is -2.32. The number of carbonyl (C=O) groups is 1. The Morgan fingerprint density at radius 1 is 1.14 bits per heavy atom. The number of aromatic nitrogens is 2. The second-order valence-electron chi connectivity index (χ2n) is 6.94. The molecule has 0 N–H and O–H groups in total. The Bertz CT molecular complexity index is 971. The summed E-state index contributed by atoms with van der Waals surface area (Å²) in [6.45, 7) is 1.32. The van der Waals surface area contributed by atoms with Crippen molar-refractivity contribution >= 4 is 16.7 Å². The van der Waals surface area contributed by atoms with Crippen LogP contribution in [0, 0.1) is 0 Å². The fraction of sp³-hybridized carbons (Fsp3) is 0.318. The number of methoxy groups -OCH3 is 1. The number of ether oxygens (including phenoxy) is 2. The molecule has 6 heteroatoms. The molecule has 1 saturated heterocycles. The highest BCUT2D eigenvalue weighted by molar-refractivity contribution is 5.90. The molecule has 1 aliphatic rings. The molecule has 0 aliphatic carbocycles. The van der Waals surface area contributed by atoms with E-state index < -0.39 is 0 Å². The molecular formula is C22H23N3O3. The fourth-order valence-electron chi connectivity index (χ4n) is 3.64. The van der Waals surface area contributed by atoms with E-state index in [-0.39, 0.29) is 12.0 Å². The smallest absolute Gasteiger partial charge is 0.235 e. The van der Waals surface area contributed by atoms with Gasteiger partial charge in [-0.05, 0) is 29.2 Å². The van der Waals surface area contributed by atoms with Gasteiger partial charge in [-0.1, -0.05) is 42.5 Å². The molecule has 0 bridgehead atoms. The number of benzene rings is 2. The standard InChI is InChI=1S/C22H23N3O3/c1-27-20-13-23-14-21(24-20)28-18-9-5-11-25(15-18)22(26)12-17-8-4-7-16-6-2-3-10-19(16)17/h2-4,6-8,10,13-14,18H,5,9,11-12,15H2,1H3. The lowest BCUT2D eigenvalue weighted by Crippen LogP contribution is -2.45. The number of rotatable bonds is 5. The second-order valence-corrected chi connectivity index (χ2v) is 6.94. The summed E-state index contributed by atoms with van der Waals surface area (Å²) in [6.07, 6.45) is 5.20. The third kappa shape index (κ3) is 4.06. The highest BCUT2D eigenvalue weighted by Gasteiger charge is 2.25. The third-order valence-electron chi connectivity index (χ3n) is 5.04. The Labute approximate surface area is 164 Å². The highest BCUT2D eigenvalue weighted by atomic mass is 16.5. The lowest BCUT2D eigenvalue weighted by molar-refractivity contribution is -0.133. The van der Waals surface area contributed by atoms with Crippen molar-refractivity contribution in [2.24, 2.45) is 0 Å². The zero-order valence-corrected chi connectivity index (χ0v) is 15.9. The van der Waals surface area contributed by atoms with Crippen LogP contribution in [0.1, 0.15) is 18.4 Å². The topological polar surface area (TPSA) is 64.6 Å². The van der Waals surface area contributed by atoms with E-state index in [9.17, 15) is 4.79 Å². The highest BCUT2D eigenvalue weighted by Crippen LogP contribution is 2.22. The molecule has 0 saturated carbocycles. The van der Waals surface area contributed by atoms with Crippen LogP contribution in [0.4, 0.5) is 0 Å². The van der Waals surface area contributed by atoms with Crippen LogP contribution in [0.25, 0.3) is 10.8 Å². The van der Waals surface area contributed by atoms with Gasteiger partial charge in [0.25, 0.3) is 0 Å². The molecule has 0 spiro atoms. The van der Waals surface area contributed by atoms with Crippen molar-refractivity contribution in [3.05, 3.63) is 60.4 Å². The van der Waals surface area contributed by atoms with Crippen LogP contribution in [-0.2, 0) is 11.2 Å². The summed E-state index contributed by atoms with van der Waals surface area (Å²) >= 11 is 0. The van der Waals surface area contributed by atoms with Gasteiger partial charge in [-0.25, -0.2) is 0 Å². The summed E-state index contributed by atoms with van der Waals surface area (Å²) < 4.78 is 11.0. The van der Waals surface area contributed by atoms with Crippen LogP contribution in [0.15, 0.2) is 54.9 Å². The predicted molar refractivity (Wildman–Crippen MR) is 106 cm³/mol. The van der Waals surface area contributed by atoms with E-state index in [0.29, 0.717) is 24.7 Å². The van der Waals surface area contributed by atoms with Crippen molar-refractivity contribution in [2.45, 2.75) is 25.4 Å². The summed E-state index contributed by atoms with van der Waals surface area (Å²) in [5.74, 6) is 0.964. The SMILES string of the molecule is COc1cncc(OC2CCCN(C(=O)Cc3cccc4ccccc34)C2)n1. The van der Waals surface area contributed by atoms with Crippen LogP contribution in [-0.4, -0.2) is 47.1 Å². The van der Waals surface area contributed by atoms with Crippen LogP contribution in [0.5, 0.6) is 11.8 Å². The summed E-state index contributed by atoms with van der Waals surface area (Å²) in [5.41, 5.74) is 1.06. The minimum absolute atomic E-state index is 0.0911. The Kier molecular flexibility index (Phi) is 5.37. The van der Waals surface area contributed by atoms with Gasteiger partial charge in [0.2, 0.25) is 17.7 Å². The van der Waals surface area contributed by atoms with Crippen molar-refractivity contribution in [3.63, 3.8) is 0 Å². The maximum atomic E-state index is 12.9. The first-order valence-corrected chi connectivity index (χ1v) is 9.50. The minimum Gasteiger partial charge on any atom is -0.480 e. The van der Waals surface area contributed by atoms with Gasteiger partial charge in [-0.2, -0.15) is 4.98 Å². The van der Waals surface area contributed by atoms with Gasteiger partial charge in [0.1, 0.15) is 6.10 Å². The van der Waals surface area contributed by atoms with E-state index in [1.807, 2.05) is 29.2 Å². The van der Waals surface area contributed by atoms with E-state index in [2.05, 4.69) is 28.2 Å². The first kappa shape index (κ1) is 18.2. The van der Waals surface area contributed by atoms with E-state index in [0.717, 1.165) is 35.7 Å². The van der Waals surface area contributed by atoms with E-state index >= 15 is 0 Å². The Balaban J connectivity index is 1.43.